The molecule has 1 amide bonds. The highest BCUT2D eigenvalue weighted by molar-refractivity contribution is 9.10. The minimum absolute atomic E-state index is 0.0967. The van der Waals surface area contributed by atoms with Gasteiger partial charge in [-0.1, -0.05) is 46.8 Å². The molecule has 1 aliphatic carbocycles. The minimum atomic E-state index is -0.0967. The first-order chi connectivity index (χ1) is 9.66. The van der Waals surface area contributed by atoms with Gasteiger partial charge in [-0.15, -0.1) is 0 Å². The topological polar surface area (TPSA) is 29.1 Å². The van der Waals surface area contributed by atoms with Crippen molar-refractivity contribution >= 4 is 45.2 Å². The predicted molar refractivity (Wildman–Crippen MR) is 90.8 cm³/mol. The number of carbonyl (C=O) groups is 1. The zero-order valence-corrected chi connectivity index (χ0v) is 14.5. The van der Waals surface area contributed by atoms with Gasteiger partial charge in [0.1, 0.15) is 0 Å². The van der Waals surface area contributed by atoms with Crippen LogP contribution in [0.2, 0.25) is 5.02 Å². The zero-order chi connectivity index (χ0) is 14.4. The first kappa shape index (κ1) is 16.2. The number of amides is 1. The number of carbonyl (C=O) groups excluding carboxylic acids is 1. The second-order valence-electron chi connectivity index (χ2n) is 5.01. The molecule has 0 atom stereocenters. The predicted octanol–water partition coefficient (Wildman–Crippen LogP) is 4.90. The zero-order valence-electron chi connectivity index (χ0n) is 11.3. The molecule has 0 aliphatic heterocycles. The van der Waals surface area contributed by atoms with Crippen LogP contribution in [0.5, 0.6) is 0 Å². The first-order valence-electron chi connectivity index (χ1n) is 7.01. The average molecular weight is 377 g/mol. The standard InChI is InChI=1S/C15H19BrClNOS/c16-11-6-7-14(17)13(10-11)15(19)18-8-9-20-12-4-2-1-3-5-12/h6-7,10,12H,1-5,8-9H2,(H,18,19). The fourth-order valence-corrected chi connectivity index (χ4v) is 4.17. The van der Waals surface area contributed by atoms with Gasteiger partial charge in [-0.05, 0) is 31.0 Å². The van der Waals surface area contributed by atoms with E-state index in [2.05, 4.69) is 21.2 Å². The van der Waals surface area contributed by atoms with Crippen molar-refractivity contribution in [3.8, 4) is 0 Å². The van der Waals surface area contributed by atoms with Crippen LogP contribution in [-0.4, -0.2) is 23.5 Å². The number of benzene rings is 1. The van der Waals surface area contributed by atoms with Gasteiger partial charge in [0.25, 0.3) is 5.91 Å². The minimum Gasteiger partial charge on any atom is -0.351 e. The maximum atomic E-state index is 12.0. The van der Waals surface area contributed by atoms with E-state index in [0.717, 1.165) is 15.5 Å². The largest absolute Gasteiger partial charge is 0.351 e. The number of hydrogen-bond donors (Lipinski definition) is 1. The molecule has 0 heterocycles. The smallest absolute Gasteiger partial charge is 0.252 e. The van der Waals surface area contributed by atoms with Crippen molar-refractivity contribution in [3.63, 3.8) is 0 Å². The van der Waals surface area contributed by atoms with E-state index in [0.29, 0.717) is 17.1 Å². The van der Waals surface area contributed by atoms with Crippen molar-refractivity contribution < 1.29 is 4.79 Å². The van der Waals surface area contributed by atoms with Crippen molar-refractivity contribution in [1.82, 2.24) is 5.32 Å². The van der Waals surface area contributed by atoms with Crippen LogP contribution in [0.15, 0.2) is 22.7 Å². The molecule has 1 aromatic carbocycles. The summed E-state index contributed by atoms with van der Waals surface area (Å²) in [6.45, 7) is 0.697. The van der Waals surface area contributed by atoms with Gasteiger partial charge in [-0.2, -0.15) is 11.8 Å². The Bertz CT molecular complexity index is 463. The molecule has 2 nitrogen and oxygen atoms in total. The quantitative estimate of drug-likeness (QED) is 0.741. The van der Waals surface area contributed by atoms with Crippen molar-refractivity contribution in [2.24, 2.45) is 0 Å². The third-order valence-corrected chi connectivity index (χ3v) is 5.67. The summed E-state index contributed by atoms with van der Waals surface area (Å²) in [4.78, 5) is 12.0. The Balaban J connectivity index is 1.73. The molecule has 0 unspecified atom stereocenters. The van der Waals surface area contributed by atoms with Crippen LogP contribution in [0.1, 0.15) is 42.5 Å². The molecule has 1 N–H and O–H groups in total. The second-order valence-corrected chi connectivity index (χ2v) is 7.74. The Labute approximate surface area is 138 Å². The van der Waals surface area contributed by atoms with E-state index in [1.165, 1.54) is 32.1 Å². The second kappa shape index (κ2) is 8.30. The lowest BCUT2D eigenvalue weighted by molar-refractivity contribution is 0.0956. The molecule has 110 valence electrons. The molecular weight excluding hydrogens is 358 g/mol. The molecule has 0 spiro atoms. The molecule has 0 radical (unpaired) electrons. The Morgan fingerprint density at radius 2 is 2.10 bits per heavy atom. The van der Waals surface area contributed by atoms with Crippen molar-refractivity contribution in [2.75, 3.05) is 12.3 Å². The summed E-state index contributed by atoms with van der Waals surface area (Å²) < 4.78 is 0.864. The summed E-state index contributed by atoms with van der Waals surface area (Å²) >= 11 is 11.4. The lowest BCUT2D eigenvalue weighted by atomic mass is 10.0. The van der Waals surface area contributed by atoms with Gasteiger partial charge in [0.2, 0.25) is 0 Å². The fourth-order valence-electron chi connectivity index (χ4n) is 2.39. The average Bonchev–Trinajstić information content (AvgIpc) is 2.47. The molecule has 1 fully saturated rings. The van der Waals surface area contributed by atoms with Gasteiger partial charge in [0.15, 0.2) is 0 Å². The van der Waals surface area contributed by atoms with Crippen molar-refractivity contribution in [3.05, 3.63) is 33.3 Å². The van der Waals surface area contributed by atoms with E-state index < -0.39 is 0 Å². The van der Waals surface area contributed by atoms with Crippen LogP contribution < -0.4 is 5.32 Å². The van der Waals surface area contributed by atoms with Gasteiger partial charge in [0.05, 0.1) is 10.6 Å². The Kier molecular flexibility index (Phi) is 6.72. The number of halogens is 2. The van der Waals surface area contributed by atoms with Gasteiger partial charge in [-0.25, -0.2) is 0 Å². The summed E-state index contributed by atoms with van der Waals surface area (Å²) in [5, 5.41) is 4.22. The number of nitrogens with one attached hydrogen (secondary N) is 1. The summed E-state index contributed by atoms with van der Waals surface area (Å²) in [7, 11) is 0. The van der Waals surface area contributed by atoms with E-state index in [4.69, 9.17) is 11.6 Å². The van der Waals surface area contributed by atoms with Gasteiger partial charge >= 0.3 is 0 Å². The van der Waals surface area contributed by atoms with Crippen LogP contribution in [0, 0.1) is 0 Å². The maximum absolute atomic E-state index is 12.0. The highest BCUT2D eigenvalue weighted by Gasteiger charge is 2.14. The summed E-state index contributed by atoms with van der Waals surface area (Å²) in [5.74, 6) is 0.878. The SMILES string of the molecule is O=C(NCCSC1CCCCC1)c1cc(Br)ccc1Cl. The molecule has 2 rings (SSSR count). The first-order valence-corrected chi connectivity index (χ1v) is 9.23. The normalized spacial score (nSPS) is 16.1. The van der Waals surface area contributed by atoms with Gasteiger partial charge < -0.3 is 5.32 Å². The lowest BCUT2D eigenvalue weighted by Gasteiger charge is -2.20. The van der Waals surface area contributed by atoms with Crippen LogP contribution in [-0.2, 0) is 0 Å². The molecule has 0 aromatic heterocycles. The molecule has 0 saturated heterocycles. The van der Waals surface area contributed by atoms with Crippen LogP contribution in [0.3, 0.4) is 0 Å². The van der Waals surface area contributed by atoms with E-state index in [1.807, 2.05) is 17.8 Å². The monoisotopic (exact) mass is 375 g/mol. The Morgan fingerprint density at radius 3 is 2.85 bits per heavy atom. The Morgan fingerprint density at radius 1 is 1.35 bits per heavy atom. The molecule has 1 saturated carbocycles. The van der Waals surface area contributed by atoms with E-state index in [1.54, 1.807) is 12.1 Å². The number of rotatable bonds is 5. The van der Waals surface area contributed by atoms with Crippen molar-refractivity contribution in [1.29, 1.82) is 0 Å². The molecule has 5 heteroatoms. The summed E-state index contributed by atoms with van der Waals surface area (Å²) in [5.41, 5.74) is 0.531. The third kappa shape index (κ3) is 4.97. The Hall–Kier alpha value is -0.190. The lowest BCUT2D eigenvalue weighted by Crippen LogP contribution is -2.26. The van der Waals surface area contributed by atoms with Crippen LogP contribution in [0.4, 0.5) is 0 Å². The fraction of sp³-hybridized carbons (Fsp3) is 0.533. The molecule has 20 heavy (non-hydrogen) atoms. The highest BCUT2D eigenvalue weighted by Crippen LogP contribution is 2.27. The van der Waals surface area contributed by atoms with Crippen LogP contribution >= 0.6 is 39.3 Å². The van der Waals surface area contributed by atoms with E-state index in [-0.39, 0.29) is 5.91 Å². The molecule has 0 bridgehead atoms. The molecule has 1 aromatic rings. The summed E-state index contributed by atoms with van der Waals surface area (Å²) in [6, 6.07) is 5.32. The van der Waals surface area contributed by atoms with Crippen molar-refractivity contribution in [2.45, 2.75) is 37.4 Å². The van der Waals surface area contributed by atoms with Crippen LogP contribution in [0.25, 0.3) is 0 Å². The summed E-state index contributed by atoms with van der Waals surface area (Å²) in [6.07, 6.45) is 6.76. The highest BCUT2D eigenvalue weighted by atomic mass is 79.9. The third-order valence-electron chi connectivity index (χ3n) is 3.47. The van der Waals surface area contributed by atoms with Gasteiger partial charge in [-0.3, -0.25) is 4.79 Å². The van der Waals surface area contributed by atoms with Gasteiger partial charge in [0, 0.05) is 22.0 Å². The van der Waals surface area contributed by atoms with E-state index >= 15 is 0 Å². The molecular formula is C15H19BrClNOS. The maximum Gasteiger partial charge on any atom is 0.252 e. The number of hydrogen-bond acceptors (Lipinski definition) is 2. The number of thioether (sulfide) groups is 1. The molecule has 1 aliphatic rings. The van der Waals surface area contributed by atoms with E-state index in [9.17, 15) is 4.79 Å².